The van der Waals surface area contributed by atoms with Crippen LogP contribution in [0.2, 0.25) is 0 Å². The second kappa shape index (κ2) is 6.98. The Bertz CT molecular complexity index is 629. The number of aromatic nitrogens is 2. The van der Waals surface area contributed by atoms with Crippen molar-refractivity contribution in [2.75, 3.05) is 18.4 Å². The number of piperidine rings is 1. The lowest BCUT2D eigenvalue weighted by Gasteiger charge is -2.31. The minimum absolute atomic E-state index is 0.0220. The molecule has 1 N–H and O–H groups in total. The average Bonchev–Trinajstić information content (AvgIpc) is 3.03. The number of rotatable bonds is 4. The summed E-state index contributed by atoms with van der Waals surface area (Å²) in [6.07, 6.45) is 3.69. The fraction of sp³-hybridized carbons (Fsp3) is 0.438. The van der Waals surface area contributed by atoms with E-state index >= 15 is 0 Å². The van der Waals surface area contributed by atoms with Gasteiger partial charge in [0.05, 0.1) is 17.1 Å². The number of hydrogen-bond donors (Lipinski definition) is 1. The van der Waals surface area contributed by atoms with Crippen LogP contribution in [0.4, 0.5) is 5.82 Å². The molecule has 5 nitrogen and oxygen atoms in total. The predicted octanol–water partition coefficient (Wildman–Crippen LogP) is 2.70. The topological polar surface area (TPSA) is 58.1 Å². The fourth-order valence-electron chi connectivity index (χ4n) is 2.79. The van der Waals surface area contributed by atoms with Crippen LogP contribution in [0, 0.1) is 12.8 Å². The molecule has 0 aliphatic carbocycles. The smallest absolute Gasteiger partial charge is 0.229 e. The number of likely N-dealkylation sites (tertiary alicyclic amines) is 1. The van der Waals surface area contributed by atoms with Gasteiger partial charge in [-0.1, -0.05) is 6.07 Å². The first-order chi connectivity index (χ1) is 10.7. The molecule has 3 rings (SSSR count). The number of thiazole rings is 1. The molecule has 1 aliphatic rings. The fourth-order valence-corrected chi connectivity index (χ4v) is 3.34. The van der Waals surface area contributed by atoms with E-state index in [-0.39, 0.29) is 11.8 Å². The number of carbonyl (C=O) groups excluding carboxylic acids is 1. The highest BCUT2D eigenvalue weighted by molar-refractivity contribution is 7.07. The van der Waals surface area contributed by atoms with Gasteiger partial charge in [0.15, 0.2) is 0 Å². The highest BCUT2D eigenvalue weighted by Crippen LogP contribution is 2.20. The molecule has 0 radical (unpaired) electrons. The van der Waals surface area contributed by atoms with E-state index in [9.17, 15) is 4.79 Å². The zero-order valence-electron chi connectivity index (χ0n) is 12.7. The third kappa shape index (κ3) is 3.69. The Kier molecular flexibility index (Phi) is 4.80. The van der Waals surface area contributed by atoms with Crippen molar-refractivity contribution in [1.82, 2.24) is 14.9 Å². The summed E-state index contributed by atoms with van der Waals surface area (Å²) in [6, 6.07) is 3.83. The molecule has 0 unspecified atom stereocenters. The Morgan fingerprint density at radius 2 is 2.41 bits per heavy atom. The maximum Gasteiger partial charge on any atom is 0.229 e. The lowest BCUT2D eigenvalue weighted by molar-refractivity contribution is -0.121. The summed E-state index contributed by atoms with van der Waals surface area (Å²) in [5, 5.41) is 5.04. The largest absolute Gasteiger partial charge is 0.310 e. The van der Waals surface area contributed by atoms with Crippen molar-refractivity contribution < 1.29 is 4.79 Å². The average molecular weight is 316 g/mol. The van der Waals surface area contributed by atoms with Gasteiger partial charge in [0, 0.05) is 24.7 Å². The normalized spacial score (nSPS) is 19.0. The quantitative estimate of drug-likeness (QED) is 0.942. The van der Waals surface area contributed by atoms with Gasteiger partial charge in [-0.25, -0.2) is 9.97 Å². The van der Waals surface area contributed by atoms with E-state index in [2.05, 4.69) is 25.6 Å². The second-order valence-electron chi connectivity index (χ2n) is 5.71. The first-order valence-electron chi connectivity index (χ1n) is 7.54. The molecule has 1 aliphatic heterocycles. The predicted molar refractivity (Wildman–Crippen MR) is 87.7 cm³/mol. The number of carbonyl (C=O) groups is 1. The molecule has 1 saturated heterocycles. The first kappa shape index (κ1) is 15.1. The molecule has 2 aromatic rings. The van der Waals surface area contributed by atoms with E-state index in [1.54, 1.807) is 17.5 Å². The molecule has 3 heterocycles. The van der Waals surface area contributed by atoms with E-state index in [1.807, 2.05) is 24.6 Å². The number of hydrogen-bond acceptors (Lipinski definition) is 5. The Morgan fingerprint density at radius 3 is 3.18 bits per heavy atom. The van der Waals surface area contributed by atoms with Gasteiger partial charge in [0.1, 0.15) is 5.82 Å². The number of aryl methyl sites for hydroxylation is 1. The van der Waals surface area contributed by atoms with Crippen LogP contribution in [0.1, 0.15) is 24.1 Å². The van der Waals surface area contributed by atoms with Crippen molar-refractivity contribution in [3.63, 3.8) is 0 Å². The summed E-state index contributed by atoms with van der Waals surface area (Å²) in [4.78, 5) is 23.4. The van der Waals surface area contributed by atoms with Crippen LogP contribution in [0.25, 0.3) is 0 Å². The lowest BCUT2D eigenvalue weighted by atomic mass is 9.97. The molecule has 6 heteroatoms. The maximum absolute atomic E-state index is 12.5. The molecule has 1 atom stereocenters. The Hall–Kier alpha value is -1.79. The molecule has 0 spiro atoms. The molecule has 0 aromatic carbocycles. The van der Waals surface area contributed by atoms with Crippen molar-refractivity contribution in [3.8, 4) is 0 Å². The number of anilines is 1. The van der Waals surface area contributed by atoms with Gasteiger partial charge < -0.3 is 5.32 Å². The van der Waals surface area contributed by atoms with E-state index in [0.29, 0.717) is 5.82 Å². The van der Waals surface area contributed by atoms with Crippen LogP contribution < -0.4 is 5.32 Å². The molecule has 0 bridgehead atoms. The van der Waals surface area contributed by atoms with Gasteiger partial charge in [-0.15, -0.1) is 11.3 Å². The zero-order valence-corrected chi connectivity index (χ0v) is 13.5. The molecule has 2 aromatic heterocycles. The van der Waals surface area contributed by atoms with Crippen LogP contribution in [0.3, 0.4) is 0 Å². The highest BCUT2D eigenvalue weighted by atomic mass is 32.1. The third-order valence-electron chi connectivity index (χ3n) is 4.00. The van der Waals surface area contributed by atoms with Crippen LogP contribution in [-0.4, -0.2) is 33.9 Å². The van der Waals surface area contributed by atoms with Crippen molar-refractivity contribution in [2.24, 2.45) is 5.92 Å². The van der Waals surface area contributed by atoms with Crippen LogP contribution in [0.5, 0.6) is 0 Å². The van der Waals surface area contributed by atoms with Gasteiger partial charge >= 0.3 is 0 Å². The second-order valence-corrected chi connectivity index (χ2v) is 6.43. The molecule has 1 fully saturated rings. The number of nitrogens with one attached hydrogen (secondary N) is 1. The Labute approximate surface area is 134 Å². The molecule has 1 amide bonds. The van der Waals surface area contributed by atoms with Gasteiger partial charge in [0.25, 0.3) is 0 Å². The molecular formula is C16H20N4OS. The van der Waals surface area contributed by atoms with Crippen molar-refractivity contribution in [2.45, 2.75) is 26.3 Å². The number of pyridine rings is 1. The number of nitrogens with zero attached hydrogens (tertiary/aromatic N) is 3. The molecule has 22 heavy (non-hydrogen) atoms. The standard InChI is InChI=1S/C16H20N4OS/c1-12-4-2-6-17-15(12)19-16(21)13-5-3-7-20(8-13)9-14-10-22-11-18-14/h2,4,6,10-11,13H,3,5,7-9H2,1H3,(H,17,19,21)/t13-/m1/s1. The van der Waals surface area contributed by atoms with Crippen molar-refractivity contribution in [3.05, 3.63) is 40.5 Å². The minimum atomic E-state index is 0.0220. The zero-order chi connectivity index (χ0) is 15.4. The van der Waals surface area contributed by atoms with Gasteiger partial charge in [0.2, 0.25) is 5.91 Å². The van der Waals surface area contributed by atoms with E-state index in [1.165, 1.54) is 0 Å². The van der Waals surface area contributed by atoms with E-state index in [4.69, 9.17) is 0 Å². The first-order valence-corrected chi connectivity index (χ1v) is 8.48. The molecular weight excluding hydrogens is 296 g/mol. The van der Waals surface area contributed by atoms with Gasteiger partial charge in [-0.2, -0.15) is 0 Å². The van der Waals surface area contributed by atoms with Crippen molar-refractivity contribution >= 4 is 23.1 Å². The summed E-state index contributed by atoms with van der Waals surface area (Å²) in [7, 11) is 0. The maximum atomic E-state index is 12.5. The van der Waals surface area contributed by atoms with Crippen LogP contribution in [0.15, 0.2) is 29.2 Å². The third-order valence-corrected chi connectivity index (χ3v) is 4.63. The van der Waals surface area contributed by atoms with Crippen LogP contribution >= 0.6 is 11.3 Å². The Balaban J connectivity index is 1.59. The summed E-state index contributed by atoms with van der Waals surface area (Å²) in [5.41, 5.74) is 3.94. The minimum Gasteiger partial charge on any atom is -0.310 e. The molecule has 116 valence electrons. The summed E-state index contributed by atoms with van der Waals surface area (Å²) in [6.45, 7) is 4.60. The van der Waals surface area contributed by atoms with E-state index < -0.39 is 0 Å². The van der Waals surface area contributed by atoms with Gasteiger partial charge in [-0.05, 0) is 37.9 Å². The summed E-state index contributed by atoms with van der Waals surface area (Å²) >= 11 is 1.61. The summed E-state index contributed by atoms with van der Waals surface area (Å²) < 4.78 is 0. The van der Waals surface area contributed by atoms with Crippen LogP contribution in [-0.2, 0) is 11.3 Å². The number of amides is 1. The Morgan fingerprint density at radius 1 is 1.50 bits per heavy atom. The molecule has 0 saturated carbocycles. The lowest BCUT2D eigenvalue weighted by Crippen LogP contribution is -2.40. The van der Waals surface area contributed by atoms with Crippen molar-refractivity contribution in [1.29, 1.82) is 0 Å². The highest BCUT2D eigenvalue weighted by Gasteiger charge is 2.26. The summed E-state index contributed by atoms with van der Waals surface area (Å²) in [5.74, 6) is 0.766. The SMILES string of the molecule is Cc1cccnc1NC(=O)[C@@H]1CCCN(Cc2cscn2)C1. The monoisotopic (exact) mass is 316 g/mol. The van der Waals surface area contributed by atoms with E-state index in [0.717, 1.165) is 43.7 Å². The van der Waals surface area contributed by atoms with Gasteiger partial charge in [-0.3, -0.25) is 9.69 Å².